The Labute approximate surface area is 123 Å². The molecule has 0 saturated carbocycles. The molecule has 1 aromatic rings. The molecule has 2 N–H and O–H groups in total. The lowest BCUT2D eigenvalue weighted by atomic mass is 10.1. The van der Waals surface area contributed by atoms with Crippen LogP contribution in [0.4, 0.5) is 0 Å². The maximum atomic E-state index is 12.0. The van der Waals surface area contributed by atoms with Gasteiger partial charge in [0, 0.05) is 20.0 Å². The molecule has 0 aromatic carbocycles. The van der Waals surface area contributed by atoms with E-state index in [0.717, 1.165) is 0 Å². The number of rotatable bonds is 6. The Morgan fingerprint density at radius 1 is 1.38 bits per heavy atom. The highest BCUT2D eigenvalue weighted by atomic mass is 16.5. The third-order valence-corrected chi connectivity index (χ3v) is 2.65. The first-order valence-electron chi connectivity index (χ1n) is 6.72. The number of ether oxygens (including phenoxy) is 1. The van der Waals surface area contributed by atoms with Crippen molar-refractivity contribution in [3.05, 3.63) is 17.3 Å². The van der Waals surface area contributed by atoms with Crippen LogP contribution in [0.15, 0.2) is 4.42 Å². The quantitative estimate of drug-likeness (QED) is 0.828. The molecule has 0 aliphatic rings. The normalized spacial score (nSPS) is 13.0. The number of hydrogen-bond donors (Lipinski definition) is 2. The van der Waals surface area contributed by atoms with Gasteiger partial charge in [-0.25, -0.2) is 9.78 Å². The van der Waals surface area contributed by atoms with Crippen LogP contribution in [0.25, 0.3) is 0 Å². The number of aromatic nitrogens is 1. The van der Waals surface area contributed by atoms with Gasteiger partial charge in [-0.05, 0) is 27.7 Å². The summed E-state index contributed by atoms with van der Waals surface area (Å²) < 4.78 is 10.6. The zero-order chi connectivity index (χ0) is 16.2. The average molecular weight is 298 g/mol. The van der Waals surface area contributed by atoms with Crippen molar-refractivity contribution in [1.29, 1.82) is 0 Å². The SMILES string of the molecule is Cc1nc(C)c(C(=O)NC(CCOC(C)(C)C)C(=O)O)o1. The fourth-order valence-electron chi connectivity index (χ4n) is 1.71. The van der Waals surface area contributed by atoms with Crippen LogP contribution >= 0.6 is 0 Å². The van der Waals surface area contributed by atoms with Gasteiger partial charge >= 0.3 is 5.97 Å². The summed E-state index contributed by atoms with van der Waals surface area (Å²) >= 11 is 0. The second kappa shape index (κ2) is 6.71. The molecule has 0 radical (unpaired) electrons. The number of hydrogen-bond acceptors (Lipinski definition) is 5. The molecule has 0 aliphatic carbocycles. The largest absolute Gasteiger partial charge is 0.480 e. The predicted octanol–water partition coefficient (Wildman–Crippen LogP) is 1.68. The average Bonchev–Trinajstić information content (AvgIpc) is 2.65. The number of nitrogens with one attached hydrogen (secondary N) is 1. The number of carboxylic acids is 1. The Morgan fingerprint density at radius 3 is 2.43 bits per heavy atom. The molecule has 1 rings (SSSR count). The number of nitrogens with zero attached hydrogens (tertiary/aromatic N) is 1. The lowest BCUT2D eigenvalue weighted by molar-refractivity contribution is -0.140. The van der Waals surface area contributed by atoms with E-state index in [9.17, 15) is 9.59 Å². The zero-order valence-corrected chi connectivity index (χ0v) is 13.0. The second-order valence-corrected chi connectivity index (χ2v) is 5.76. The van der Waals surface area contributed by atoms with E-state index in [1.165, 1.54) is 0 Å². The van der Waals surface area contributed by atoms with E-state index in [1.807, 2.05) is 20.8 Å². The number of carboxylic acid groups (broad SMARTS) is 1. The summed E-state index contributed by atoms with van der Waals surface area (Å²) in [5, 5.41) is 11.6. The van der Waals surface area contributed by atoms with Crippen LogP contribution in [0, 0.1) is 13.8 Å². The number of aryl methyl sites for hydroxylation is 2. The van der Waals surface area contributed by atoms with Crippen LogP contribution in [-0.4, -0.2) is 40.2 Å². The first-order valence-corrected chi connectivity index (χ1v) is 6.72. The maximum absolute atomic E-state index is 12.0. The van der Waals surface area contributed by atoms with Crippen molar-refractivity contribution in [3.8, 4) is 0 Å². The van der Waals surface area contributed by atoms with Gasteiger partial charge < -0.3 is 19.6 Å². The molecule has 0 saturated heterocycles. The number of oxazole rings is 1. The summed E-state index contributed by atoms with van der Waals surface area (Å²) in [5.41, 5.74) is 0.0752. The summed E-state index contributed by atoms with van der Waals surface area (Å²) in [6.07, 6.45) is 0.171. The lowest BCUT2D eigenvalue weighted by Gasteiger charge is -2.21. The maximum Gasteiger partial charge on any atom is 0.326 e. The molecule has 0 fully saturated rings. The van der Waals surface area contributed by atoms with Crippen molar-refractivity contribution < 1.29 is 23.8 Å². The molecule has 1 amide bonds. The summed E-state index contributed by atoms with van der Waals surface area (Å²) in [7, 11) is 0. The Hall–Kier alpha value is -1.89. The van der Waals surface area contributed by atoms with E-state index >= 15 is 0 Å². The fourth-order valence-corrected chi connectivity index (χ4v) is 1.71. The van der Waals surface area contributed by atoms with Crippen LogP contribution in [0.5, 0.6) is 0 Å². The minimum Gasteiger partial charge on any atom is -0.480 e. The first kappa shape index (κ1) is 17.2. The highest BCUT2D eigenvalue weighted by Gasteiger charge is 2.24. The van der Waals surface area contributed by atoms with E-state index in [1.54, 1.807) is 13.8 Å². The van der Waals surface area contributed by atoms with E-state index in [4.69, 9.17) is 14.3 Å². The topological polar surface area (TPSA) is 102 Å². The first-order chi connectivity index (χ1) is 9.60. The summed E-state index contributed by atoms with van der Waals surface area (Å²) in [6.45, 7) is 9.11. The Bertz CT molecular complexity index is 516. The van der Waals surface area contributed by atoms with Crippen molar-refractivity contribution in [2.24, 2.45) is 0 Å². The lowest BCUT2D eigenvalue weighted by Crippen LogP contribution is -2.42. The van der Waals surface area contributed by atoms with Crippen molar-refractivity contribution in [1.82, 2.24) is 10.3 Å². The smallest absolute Gasteiger partial charge is 0.326 e. The summed E-state index contributed by atoms with van der Waals surface area (Å²) in [6, 6.07) is -1.04. The van der Waals surface area contributed by atoms with Gasteiger partial charge in [0.1, 0.15) is 6.04 Å². The highest BCUT2D eigenvalue weighted by molar-refractivity contribution is 5.95. The van der Waals surface area contributed by atoms with E-state index in [0.29, 0.717) is 11.6 Å². The monoisotopic (exact) mass is 298 g/mol. The van der Waals surface area contributed by atoms with Crippen LogP contribution in [0.2, 0.25) is 0 Å². The van der Waals surface area contributed by atoms with Crippen LogP contribution < -0.4 is 5.32 Å². The molecule has 1 unspecified atom stereocenters. The van der Waals surface area contributed by atoms with E-state index in [2.05, 4.69) is 10.3 Å². The van der Waals surface area contributed by atoms with Gasteiger partial charge in [0.05, 0.1) is 11.3 Å². The molecule has 1 aromatic heterocycles. The molecular formula is C14H22N2O5. The van der Waals surface area contributed by atoms with Crippen molar-refractivity contribution in [2.75, 3.05) is 6.61 Å². The number of carbonyl (C=O) groups excluding carboxylic acids is 1. The Kier molecular flexibility index (Phi) is 5.48. The molecular weight excluding hydrogens is 276 g/mol. The number of amides is 1. The van der Waals surface area contributed by atoms with Crippen LogP contribution in [-0.2, 0) is 9.53 Å². The van der Waals surface area contributed by atoms with Gasteiger partial charge in [-0.3, -0.25) is 4.79 Å². The van der Waals surface area contributed by atoms with Crippen LogP contribution in [0.1, 0.15) is 49.3 Å². The second-order valence-electron chi connectivity index (χ2n) is 5.76. The summed E-state index contributed by atoms with van der Waals surface area (Å²) in [4.78, 5) is 27.2. The molecule has 7 heteroatoms. The molecule has 1 atom stereocenters. The van der Waals surface area contributed by atoms with Gasteiger partial charge in [0.25, 0.3) is 5.91 Å². The minimum atomic E-state index is -1.12. The molecule has 1 heterocycles. The van der Waals surface area contributed by atoms with Gasteiger partial charge in [0.15, 0.2) is 5.89 Å². The Morgan fingerprint density at radius 2 is 2.00 bits per heavy atom. The van der Waals surface area contributed by atoms with Crippen LogP contribution in [0.3, 0.4) is 0 Å². The number of carbonyl (C=O) groups is 2. The van der Waals surface area contributed by atoms with E-state index in [-0.39, 0.29) is 24.4 Å². The van der Waals surface area contributed by atoms with Gasteiger partial charge in [-0.1, -0.05) is 0 Å². The van der Waals surface area contributed by atoms with Crippen molar-refractivity contribution in [2.45, 2.75) is 52.7 Å². The zero-order valence-electron chi connectivity index (χ0n) is 13.0. The minimum absolute atomic E-state index is 0.0375. The molecule has 21 heavy (non-hydrogen) atoms. The van der Waals surface area contributed by atoms with Crippen molar-refractivity contribution >= 4 is 11.9 Å². The molecule has 118 valence electrons. The highest BCUT2D eigenvalue weighted by Crippen LogP contribution is 2.11. The third-order valence-electron chi connectivity index (χ3n) is 2.65. The standard InChI is InChI=1S/C14H22N2O5/c1-8-11(21-9(2)15-8)12(17)16-10(13(18)19)6-7-20-14(3,4)5/h10H,6-7H2,1-5H3,(H,16,17)(H,18,19). The Balaban J connectivity index is 2.64. The fraction of sp³-hybridized carbons (Fsp3) is 0.643. The van der Waals surface area contributed by atoms with Crippen molar-refractivity contribution in [3.63, 3.8) is 0 Å². The molecule has 7 nitrogen and oxygen atoms in total. The predicted molar refractivity (Wildman–Crippen MR) is 75.2 cm³/mol. The molecule has 0 aliphatic heterocycles. The number of aliphatic carboxylic acids is 1. The third kappa shape index (κ3) is 5.55. The van der Waals surface area contributed by atoms with Gasteiger partial charge in [-0.15, -0.1) is 0 Å². The van der Waals surface area contributed by atoms with Gasteiger partial charge in [0.2, 0.25) is 5.76 Å². The molecule has 0 bridgehead atoms. The molecule has 0 spiro atoms. The van der Waals surface area contributed by atoms with E-state index < -0.39 is 17.9 Å². The summed E-state index contributed by atoms with van der Waals surface area (Å²) in [5.74, 6) is -1.30. The van der Waals surface area contributed by atoms with Gasteiger partial charge in [-0.2, -0.15) is 0 Å².